The highest BCUT2D eigenvalue weighted by atomic mass is 35.5. The Hall–Kier alpha value is -2.04. The van der Waals surface area contributed by atoms with Gasteiger partial charge in [0.05, 0.1) is 16.5 Å². The number of rotatable bonds is 6. The molecule has 0 aliphatic carbocycles. The topological polar surface area (TPSA) is 49.4 Å². The molecule has 150 valence electrons. The smallest absolute Gasteiger partial charge is 0.242 e. The van der Waals surface area contributed by atoms with Gasteiger partial charge in [0.15, 0.2) is 0 Å². The normalized spacial score (nSPS) is 12.4. The lowest BCUT2D eigenvalue weighted by Gasteiger charge is -2.31. The fourth-order valence-corrected chi connectivity index (χ4v) is 3.08. The highest BCUT2D eigenvalue weighted by Crippen LogP contribution is 2.24. The van der Waals surface area contributed by atoms with Gasteiger partial charge in [0.2, 0.25) is 11.8 Å². The number of nitrogens with zero attached hydrogens (tertiary/aromatic N) is 1. The molecule has 6 heteroatoms. The van der Waals surface area contributed by atoms with E-state index < -0.39 is 6.04 Å². The second-order valence-electron chi connectivity index (χ2n) is 7.85. The minimum absolute atomic E-state index is 0.131. The zero-order valence-electron chi connectivity index (χ0n) is 16.6. The third kappa shape index (κ3) is 6.54. The number of amides is 2. The van der Waals surface area contributed by atoms with E-state index in [0.29, 0.717) is 10.0 Å². The van der Waals surface area contributed by atoms with E-state index in [1.54, 1.807) is 24.0 Å². The number of carbonyl (C=O) groups excluding carboxylic acids is 2. The monoisotopic (exact) mass is 420 g/mol. The van der Waals surface area contributed by atoms with Gasteiger partial charge >= 0.3 is 0 Å². The van der Waals surface area contributed by atoms with E-state index in [1.165, 1.54) is 0 Å². The van der Waals surface area contributed by atoms with Crippen LogP contribution >= 0.6 is 23.2 Å². The molecule has 1 N–H and O–H groups in total. The first-order valence-electron chi connectivity index (χ1n) is 9.16. The average Bonchev–Trinajstić information content (AvgIpc) is 2.61. The van der Waals surface area contributed by atoms with Crippen LogP contribution in [0, 0.1) is 0 Å². The maximum atomic E-state index is 13.1. The fourth-order valence-electron chi connectivity index (χ4n) is 2.76. The van der Waals surface area contributed by atoms with E-state index in [-0.39, 0.29) is 30.3 Å². The van der Waals surface area contributed by atoms with Gasteiger partial charge in [0.25, 0.3) is 0 Å². The van der Waals surface area contributed by atoms with Gasteiger partial charge in [-0.25, -0.2) is 0 Å². The van der Waals surface area contributed by atoms with Gasteiger partial charge in [-0.1, -0.05) is 59.6 Å². The van der Waals surface area contributed by atoms with Crippen molar-refractivity contribution in [1.29, 1.82) is 0 Å². The van der Waals surface area contributed by atoms with Crippen LogP contribution in [0.4, 0.5) is 0 Å². The summed E-state index contributed by atoms with van der Waals surface area (Å²) in [4.78, 5) is 27.4. The summed E-state index contributed by atoms with van der Waals surface area (Å²) in [6.45, 7) is 7.73. The molecule has 0 aliphatic heterocycles. The van der Waals surface area contributed by atoms with Crippen molar-refractivity contribution < 1.29 is 9.59 Å². The van der Waals surface area contributed by atoms with E-state index in [1.807, 2.05) is 57.2 Å². The van der Waals surface area contributed by atoms with E-state index in [2.05, 4.69) is 5.32 Å². The lowest BCUT2D eigenvalue weighted by Crippen LogP contribution is -2.52. The zero-order chi connectivity index (χ0) is 20.9. The first kappa shape index (κ1) is 22.3. The molecule has 0 saturated carbocycles. The van der Waals surface area contributed by atoms with Crippen molar-refractivity contribution >= 4 is 35.0 Å². The minimum Gasteiger partial charge on any atom is -0.350 e. The van der Waals surface area contributed by atoms with Crippen molar-refractivity contribution in [2.75, 3.05) is 0 Å². The summed E-state index contributed by atoms with van der Waals surface area (Å²) in [5.74, 6) is -0.331. The molecule has 0 radical (unpaired) electrons. The van der Waals surface area contributed by atoms with Crippen molar-refractivity contribution in [3.05, 3.63) is 69.7 Å². The average molecular weight is 421 g/mol. The van der Waals surface area contributed by atoms with Gasteiger partial charge in [-0.15, -0.1) is 0 Å². The Labute approximate surface area is 176 Å². The minimum atomic E-state index is -0.634. The molecule has 0 saturated heterocycles. The number of hydrogen-bond donors (Lipinski definition) is 1. The molecule has 0 aromatic heterocycles. The summed E-state index contributed by atoms with van der Waals surface area (Å²) in [5.41, 5.74) is 1.32. The van der Waals surface area contributed by atoms with Crippen LogP contribution in [0.15, 0.2) is 48.5 Å². The predicted octanol–water partition coefficient (Wildman–Crippen LogP) is 4.87. The summed E-state index contributed by atoms with van der Waals surface area (Å²) >= 11 is 12.1. The van der Waals surface area contributed by atoms with Crippen LogP contribution in [0.3, 0.4) is 0 Å². The van der Waals surface area contributed by atoms with Crippen molar-refractivity contribution in [2.45, 2.75) is 52.2 Å². The number of halogens is 2. The Kier molecular flexibility index (Phi) is 7.50. The molecule has 2 aromatic rings. The molecule has 1 atom stereocenters. The summed E-state index contributed by atoms with van der Waals surface area (Å²) < 4.78 is 0. The lowest BCUT2D eigenvalue weighted by molar-refractivity contribution is -0.140. The Bertz CT molecular complexity index is 832. The van der Waals surface area contributed by atoms with E-state index in [4.69, 9.17) is 23.2 Å². The zero-order valence-corrected chi connectivity index (χ0v) is 18.1. The van der Waals surface area contributed by atoms with Crippen molar-refractivity contribution in [3.8, 4) is 0 Å². The first-order valence-corrected chi connectivity index (χ1v) is 9.92. The summed E-state index contributed by atoms with van der Waals surface area (Å²) in [6, 6.07) is 14.1. The number of benzene rings is 2. The second kappa shape index (κ2) is 9.44. The van der Waals surface area contributed by atoms with Crippen LogP contribution in [0.2, 0.25) is 10.0 Å². The number of carbonyl (C=O) groups is 2. The number of nitrogens with one attached hydrogen (secondary N) is 1. The third-order valence-corrected chi connectivity index (χ3v) is 4.94. The molecule has 2 aromatic carbocycles. The molecule has 0 heterocycles. The maximum absolute atomic E-state index is 13.1. The van der Waals surface area contributed by atoms with Gasteiger partial charge in [0.1, 0.15) is 6.04 Å². The van der Waals surface area contributed by atoms with Crippen molar-refractivity contribution in [3.63, 3.8) is 0 Å². The molecule has 2 amide bonds. The SMILES string of the molecule is C[C@H](C(=O)NC(C)(C)C)N(Cc1ccc(Cl)c(Cl)c1)C(=O)Cc1ccccc1. The highest BCUT2D eigenvalue weighted by Gasteiger charge is 2.28. The molecule has 0 aliphatic rings. The van der Waals surface area contributed by atoms with Gasteiger partial charge < -0.3 is 10.2 Å². The Morgan fingerprint density at radius 2 is 1.64 bits per heavy atom. The van der Waals surface area contributed by atoms with Crippen LogP contribution in [-0.2, 0) is 22.6 Å². The van der Waals surface area contributed by atoms with E-state index in [9.17, 15) is 9.59 Å². The lowest BCUT2D eigenvalue weighted by atomic mass is 10.1. The van der Waals surface area contributed by atoms with Crippen LogP contribution in [-0.4, -0.2) is 28.3 Å². The largest absolute Gasteiger partial charge is 0.350 e. The molecule has 0 unspecified atom stereocenters. The molecule has 0 spiro atoms. The summed E-state index contributed by atoms with van der Waals surface area (Å²) in [5, 5.41) is 3.81. The fraction of sp³-hybridized carbons (Fsp3) is 0.364. The van der Waals surface area contributed by atoms with Gasteiger partial charge in [-0.3, -0.25) is 9.59 Å². The molecule has 4 nitrogen and oxygen atoms in total. The van der Waals surface area contributed by atoms with Crippen LogP contribution in [0.1, 0.15) is 38.8 Å². The Morgan fingerprint density at radius 1 is 1.00 bits per heavy atom. The Balaban J connectivity index is 2.26. The number of hydrogen-bond acceptors (Lipinski definition) is 2. The molecular weight excluding hydrogens is 395 g/mol. The summed E-state index contributed by atoms with van der Waals surface area (Å²) in [6.07, 6.45) is 0.218. The highest BCUT2D eigenvalue weighted by molar-refractivity contribution is 6.42. The van der Waals surface area contributed by atoms with Gasteiger partial charge in [0, 0.05) is 12.1 Å². The van der Waals surface area contributed by atoms with Crippen LogP contribution in [0.25, 0.3) is 0 Å². The maximum Gasteiger partial charge on any atom is 0.242 e. The van der Waals surface area contributed by atoms with E-state index in [0.717, 1.165) is 11.1 Å². The van der Waals surface area contributed by atoms with Gasteiger partial charge in [-0.2, -0.15) is 0 Å². The third-order valence-electron chi connectivity index (χ3n) is 4.20. The molecule has 0 fully saturated rings. The molecular formula is C22H26Cl2N2O2. The summed E-state index contributed by atoms with van der Waals surface area (Å²) in [7, 11) is 0. The molecule has 28 heavy (non-hydrogen) atoms. The molecule has 0 bridgehead atoms. The van der Waals surface area contributed by atoms with Crippen LogP contribution < -0.4 is 5.32 Å². The van der Waals surface area contributed by atoms with E-state index >= 15 is 0 Å². The van der Waals surface area contributed by atoms with Crippen molar-refractivity contribution in [1.82, 2.24) is 10.2 Å². The van der Waals surface area contributed by atoms with Crippen LogP contribution in [0.5, 0.6) is 0 Å². The standard InChI is InChI=1S/C22H26Cl2N2O2/c1-15(21(28)25-22(2,3)4)26(14-17-10-11-18(23)19(24)12-17)20(27)13-16-8-6-5-7-9-16/h5-12,15H,13-14H2,1-4H3,(H,25,28)/t15-/m1/s1. The second-order valence-corrected chi connectivity index (χ2v) is 8.66. The first-order chi connectivity index (χ1) is 13.1. The quantitative estimate of drug-likeness (QED) is 0.724. The Morgan fingerprint density at radius 3 is 2.21 bits per heavy atom. The molecule has 2 rings (SSSR count). The van der Waals surface area contributed by atoms with Crippen molar-refractivity contribution in [2.24, 2.45) is 0 Å². The van der Waals surface area contributed by atoms with Gasteiger partial charge in [-0.05, 0) is 51.0 Å². The predicted molar refractivity (Wildman–Crippen MR) is 115 cm³/mol.